The van der Waals surface area contributed by atoms with Crippen LogP contribution < -0.4 is 15.6 Å². The van der Waals surface area contributed by atoms with Crippen LogP contribution in [0, 0.1) is 0 Å². The molecule has 0 unspecified atom stereocenters. The lowest BCUT2D eigenvalue weighted by Crippen LogP contribution is -2.25. The summed E-state index contributed by atoms with van der Waals surface area (Å²) in [5, 5.41) is 4.22. The first-order valence-corrected chi connectivity index (χ1v) is 12.6. The highest BCUT2D eigenvalue weighted by molar-refractivity contribution is 7.99. The van der Waals surface area contributed by atoms with Crippen molar-refractivity contribution in [2.45, 2.75) is 31.0 Å². The zero-order valence-corrected chi connectivity index (χ0v) is 19.8. The number of fused-ring (bicyclic) bond motifs is 3. The quantitative estimate of drug-likeness (QED) is 0.308. The van der Waals surface area contributed by atoms with Gasteiger partial charge in [0.2, 0.25) is 5.91 Å². The Balaban J connectivity index is 1.42. The fourth-order valence-corrected chi connectivity index (χ4v) is 6.18. The molecule has 6 nitrogen and oxygen atoms in total. The van der Waals surface area contributed by atoms with Crippen molar-refractivity contribution in [3.05, 3.63) is 81.0 Å². The van der Waals surface area contributed by atoms with Gasteiger partial charge < -0.3 is 10.1 Å². The molecule has 0 spiro atoms. The van der Waals surface area contributed by atoms with Crippen molar-refractivity contribution in [3.63, 3.8) is 0 Å². The van der Waals surface area contributed by atoms with E-state index in [1.54, 1.807) is 47.3 Å². The van der Waals surface area contributed by atoms with Gasteiger partial charge in [-0.05, 0) is 54.7 Å². The lowest BCUT2D eigenvalue weighted by Gasteiger charge is -2.13. The fraction of sp³-hybridized carbons (Fsp3) is 0.240. The van der Waals surface area contributed by atoms with Crippen LogP contribution in [0.3, 0.4) is 0 Å². The molecule has 2 aromatic heterocycles. The Bertz CT molecular complexity index is 1360. The van der Waals surface area contributed by atoms with Crippen LogP contribution in [0.2, 0.25) is 0 Å². The second-order valence-electron chi connectivity index (χ2n) is 7.87. The summed E-state index contributed by atoms with van der Waals surface area (Å²) in [6.07, 6.45) is 3.05. The summed E-state index contributed by atoms with van der Waals surface area (Å²) in [5.74, 6) is 0.733. The number of anilines is 1. The van der Waals surface area contributed by atoms with Crippen LogP contribution in [0.1, 0.15) is 22.4 Å². The average molecular weight is 478 g/mol. The first kappa shape index (κ1) is 21.7. The maximum atomic E-state index is 13.6. The number of benzene rings is 2. The van der Waals surface area contributed by atoms with Crippen LogP contribution in [0.15, 0.2) is 64.5 Å². The number of aromatic nitrogens is 2. The first-order valence-electron chi connectivity index (χ1n) is 10.8. The Hall–Kier alpha value is -3.10. The molecule has 8 heteroatoms. The van der Waals surface area contributed by atoms with Gasteiger partial charge in [0.25, 0.3) is 5.56 Å². The molecule has 0 aliphatic heterocycles. The van der Waals surface area contributed by atoms with Crippen molar-refractivity contribution in [3.8, 4) is 5.75 Å². The van der Waals surface area contributed by atoms with Gasteiger partial charge in [-0.3, -0.25) is 14.2 Å². The number of carbonyl (C=O) groups excluding carboxylic acids is 1. The van der Waals surface area contributed by atoms with E-state index in [1.165, 1.54) is 22.2 Å². The minimum atomic E-state index is -0.153. The normalized spacial score (nSPS) is 12.6. The van der Waals surface area contributed by atoms with Gasteiger partial charge >= 0.3 is 0 Å². The van der Waals surface area contributed by atoms with E-state index in [-0.39, 0.29) is 17.2 Å². The molecule has 2 aromatic carbocycles. The van der Waals surface area contributed by atoms with Crippen LogP contribution in [0.25, 0.3) is 10.2 Å². The van der Waals surface area contributed by atoms with Crippen molar-refractivity contribution >= 4 is 44.9 Å². The number of carbonyl (C=O) groups is 1. The number of nitrogens with zero attached hydrogens (tertiary/aromatic N) is 2. The lowest BCUT2D eigenvalue weighted by atomic mass is 10.2. The van der Waals surface area contributed by atoms with Gasteiger partial charge in [0, 0.05) is 10.6 Å². The zero-order chi connectivity index (χ0) is 22.8. The molecule has 1 amide bonds. The Morgan fingerprint density at radius 2 is 1.94 bits per heavy atom. The molecule has 33 heavy (non-hydrogen) atoms. The largest absolute Gasteiger partial charge is 0.497 e. The minimum absolute atomic E-state index is 0.0127. The molecule has 0 saturated carbocycles. The molecule has 2 heterocycles. The topological polar surface area (TPSA) is 73.2 Å². The third kappa shape index (κ3) is 4.54. The van der Waals surface area contributed by atoms with Crippen LogP contribution in [0.5, 0.6) is 5.75 Å². The number of methoxy groups -OCH3 is 1. The standard InChI is InChI=1S/C25H23N3O3S2/c1-31-18-12-10-17(11-13-18)26-21(29)15-32-25-27-23-22(19-8-5-9-20(19)33-23)24(30)28(25)14-16-6-3-2-4-7-16/h2-4,6-7,10-13H,5,8-9,14-15H2,1H3,(H,26,29). The SMILES string of the molecule is COc1ccc(NC(=O)CSc2nc3sc4c(c3c(=O)n2Cc2ccccc2)CCC4)cc1. The molecule has 1 N–H and O–H groups in total. The molecule has 0 fully saturated rings. The predicted molar refractivity (Wildman–Crippen MR) is 134 cm³/mol. The number of thiophene rings is 1. The summed E-state index contributed by atoms with van der Waals surface area (Å²) in [7, 11) is 1.60. The summed E-state index contributed by atoms with van der Waals surface area (Å²) in [6, 6.07) is 17.1. The van der Waals surface area contributed by atoms with Crippen molar-refractivity contribution in [2.75, 3.05) is 18.2 Å². The molecule has 0 atom stereocenters. The molecule has 5 rings (SSSR count). The van der Waals surface area contributed by atoms with Crippen LogP contribution in [-0.2, 0) is 24.2 Å². The van der Waals surface area contributed by atoms with Gasteiger partial charge in [0.15, 0.2) is 5.16 Å². The van der Waals surface area contributed by atoms with Crippen molar-refractivity contribution in [2.24, 2.45) is 0 Å². The predicted octanol–water partition coefficient (Wildman–Crippen LogP) is 4.73. The molecular formula is C25H23N3O3S2. The molecule has 0 saturated heterocycles. The van der Waals surface area contributed by atoms with Crippen LogP contribution in [-0.4, -0.2) is 28.3 Å². The zero-order valence-electron chi connectivity index (χ0n) is 18.2. The molecule has 4 aromatic rings. The van der Waals surface area contributed by atoms with E-state index in [9.17, 15) is 9.59 Å². The molecule has 0 bridgehead atoms. The number of nitrogens with one attached hydrogen (secondary N) is 1. The summed E-state index contributed by atoms with van der Waals surface area (Å²) >= 11 is 2.91. The molecule has 1 aliphatic carbocycles. The Labute approximate surface area is 199 Å². The molecule has 168 valence electrons. The molecule has 0 radical (unpaired) electrons. The van der Waals surface area contributed by atoms with Gasteiger partial charge in [0.05, 0.1) is 24.8 Å². The summed E-state index contributed by atoms with van der Waals surface area (Å²) < 4.78 is 6.87. The second kappa shape index (κ2) is 9.41. The van der Waals surface area contributed by atoms with E-state index in [0.717, 1.165) is 40.8 Å². The monoisotopic (exact) mass is 477 g/mol. The number of thioether (sulfide) groups is 1. The van der Waals surface area contributed by atoms with Gasteiger partial charge in [-0.25, -0.2) is 4.98 Å². The van der Waals surface area contributed by atoms with E-state index >= 15 is 0 Å². The van der Waals surface area contributed by atoms with Crippen molar-refractivity contribution < 1.29 is 9.53 Å². The van der Waals surface area contributed by atoms with Gasteiger partial charge in [-0.15, -0.1) is 11.3 Å². The van der Waals surface area contributed by atoms with Gasteiger partial charge in [0.1, 0.15) is 10.6 Å². The second-order valence-corrected chi connectivity index (χ2v) is 9.90. The van der Waals surface area contributed by atoms with Crippen LogP contribution >= 0.6 is 23.1 Å². The van der Waals surface area contributed by atoms with E-state index in [0.29, 0.717) is 17.4 Å². The third-order valence-corrected chi connectivity index (χ3v) is 7.84. The summed E-state index contributed by atoms with van der Waals surface area (Å²) in [6.45, 7) is 0.426. The average Bonchev–Trinajstić information content (AvgIpc) is 3.42. The minimum Gasteiger partial charge on any atom is -0.497 e. The van der Waals surface area contributed by atoms with E-state index in [1.807, 2.05) is 30.3 Å². The van der Waals surface area contributed by atoms with E-state index < -0.39 is 0 Å². The Morgan fingerprint density at radius 3 is 2.70 bits per heavy atom. The van der Waals surface area contributed by atoms with Crippen molar-refractivity contribution in [1.29, 1.82) is 0 Å². The third-order valence-electron chi connectivity index (χ3n) is 5.68. The number of aryl methyl sites for hydroxylation is 2. The number of hydrogen-bond acceptors (Lipinski definition) is 6. The van der Waals surface area contributed by atoms with E-state index in [2.05, 4.69) is 5.32 Å². The number of ether oxygens (including phenoxy) is 1. The summed E-state index contributed by atoms with van der Waals surface area (Å²) in [4.78, 5) is 33.1. The highest BCUT2D eigenvalue weighted by atomic mass is 32.2. The lowest BCUT2D eigenvalue weighted by molar-refractivity contribution is -0.113. The highest BCUT2D eigenvalue weighted by Gasteiger charge is 2.23. The van der Waals surface area contributed by atoms with Crippen LogP contribution in [0.4, 0.5) is 5.69 Å². The fourth-order valence-electron chi connectivity index (χ4n) is 4.08. The highest BCUT2D eigenvalue weighted by Crippen LogP contribution is 2.35. The Morgan fingerprint density at radius 1 is 1.15 bits per heavy atom. The maximum Gasteiger partial charge on any atom is 0.263 e. The van der Waals surface area contributed by atoms with Gasteiger partial charge in [-0.1, -0.05) is 42.1 Å². The van der Waals surface area contributed by atoms with E-state index in [4.69, 9.17) is 9.72 Å². The number of amides is 1. The Kier molecular flexibility index (Phi) is 6.20. The number of hydrogen-bond donors (Lipinski definition) is 1. The number of rotatable bonds is 7. The summed E-state index contributed by atoms with van der Waals surface area (Å²) in [5.41, 5.74) is 2.88. The smallest absolute Gasteiger partial charge is 0.263 e. The molecule has 1 aliphatic rings. The molecular weight excluding hydrogens is 454 g/mol. The maximum absolute atomic E-state index is 13.6. The first-order chi connectivity index (χ1) is 16.1. The van der Waals surface area contributed by atoms with Crippen molar-refractivity contribution in [1.82, 2.24) is 9.55 Å². The van der Waals surface area contributed by atoms with Gasteiger partial charge in [-0.2, -0.15) is 0 Å².